The number of benzene rings is 1. The maximum absolute atomic E-state index is 12.5. The number of esters is 1. The molecule has 0 radical (unpaired) electrons. The van der Waals surface area contributed by atoms with Crippen LogP contribution in [0.5, 0.6) is 0 Å². The Bertz CT molecular complexity index is 861. The van der Waals surface area contributed by atoms with Crippen LogP contribution in [-0.4, -0.2) is 36.6 Å². The number of carbonyl (C=O) groups excluding carboxylic acids is 2. The van der Waals surface area contributed by atoms with E-state index in [2.05, 4.69) is 0 Å². The lowest BCUT2D eigenvalue weighted by atomic mass is 10.1. The van der Waals surface area contributed by atoms with Gasteiger partial charge < -0.3 is 14.0 Å². The van der Waals surface area contributed by atoms with Gasteiger partial charge in [-0.2, -0.15) is 5.26 Å². The van der Waals surface area contributed by atoms with Gasteiger partial charge in [0.2, 0.25) is 5.78 Å². The number of hydrogen-bond acceptors (Lipinski definition) is 5. The summed E-state index contributed by atoms with van der Waals surface area (Å²) in [5.74, 6) is -0.893. The first-order chi connectivity index (χ1) is 12.4. The quantitative estimate of drug-likeness (QED) is 0.563. The van der Waals surface area contributed by atoms with Gasteiger partial charge in [0.1, 0.15) is 0 Å². The van der Waals surface area contributed by atoms with Crippen LogP contribution in [0.25, 0.3) is 0 Å². The van der Waals surface area contributed by atoms with E-state index in [0.717, 1.165) is 11.4 Å². The summed E-state index contributed by atoms with van der Waals surface area (Å²) < 4.78 is 12.3. The second kappa shape index (κ2) is 8.45. The standard InChI is InChI=1S/C20H22N2O4/c1-13-8-18(15(3)22(13)14(2)11-25-4)19(23)12-26-20(24)17-7-5-6-16(9-17)10-21/h5-9,14H,11-12H2,1-4H3/t14-/m1/s1. The molecule has 0 saturated carbocycles. The fourth-order valence-corrected chi connectivity index (χ4v) is 3.06. The van der Waals surface area contributed by atoms with Gasteiger partial charge in [0.25, 0.3) is 0 Å². The third-order valence-corrected chi connectivity index (χ3v) is 4.20. The fraction of sp³-hybridized carbons (Fsp3) is 0.350. The number of rotatable bonds is 7. The molecular formula is C20H22N2O4. The second-order valence-electron chi connectivity index (χ2n) is 6.15. The smallest absolute Gasteiger partial charge is 0.338 e. The average Bonchev–Trinajstić information content (AvgIpc) is 2.94. The minimum absolute atomic E-state index is 0.0952. The van der Waals surface area contributed by atoms with Crippen LogP contribution in [-0.2, 0) is 9.47 Å². The summed E-state index contributed by atoms with van der Waals surface area (Å²) in [5.41, 5.74) is 2.91. The van der Waals surface area contributed by atoms with Crippen molar-refractivity contribution in [1.29, 1.82) is 5.26 Å². The Morgan fingerprint density at radius 2 is 2.00 bits per heavy atom. The van der Waals surface area contributed by atoms with Crippen molar-refractivity contribution in [2.75, 3.05) is 20.3 Å². The van der Waals surface area contributed by atoms with Crippen LogP contribution in [0.4, 0.5) is 0 Å². The molecule has 0 aliphatic rings. The number of ketones is 1. The summed E-state index contributed by atoms with van der Waals surface area (Å²) in [4.78, 5) is 24.6. The second-order valence-corrected chi connectivity index (χ2v) is 6.15. The molecular weight excluding hydrogens is 332 g/mol. The van der Waals surface area contributed by atoms with E-state index in [4.69, 9.17) is 14.7 Å². The molecule has 136 valence electrons. The molecule has 26 heavy (non-hydrogen) atoms. The lowest BCUT2D eigenvalue weighted by molar-refractivity contribution is 0.0474. The fourth-order valence-electron chi connectivity index (χ4n) is 3.06. The van der Waals surface area contributed by atoms with Crippen molar-refractivity contribution >= 4 is 11.8 Å². The van der Waals surface area contributed by atoms with Gasteiger partial charge in [-0.1, -0.05) is 6.07 Å². The molecule has 0 fully saturated rings. The van der Waals surface area contributed by atoms with E-state index in [-0.39, 0.29) is 24.0 Å². The minimum atomic E-state index is -0.628. The van der Waals surface area contributed by atoms with Crippen LogP contribution < -0.4 is 0 Å². The Morgan fingerprint density at radius 1 is 1.27 bits per heavy atom. The number of nitriles is 1. The number of methoxy groups -OCH3 is 1. The lowest BCUT2D eigenvalue weighted by Gasteiger charge is -2.17. The normalized spacial score (nSPS) is 11.7. The third kappa shape index (κ3) is 4.19. The minimum Gasteiger partial charge on any atom is -0.454 e. The highest BCUT2D eigenvalue weighted by molar-refractivity contribution is 6.00. The van der Waals surface area contributed by atoms with E-state index in [1.807, 2.05) is 31.4 Å². The van der Waals surface area contributed by atoms with E-state index < -0.39 is 5.97 Å². The first-order valence-corrected chi connectivity index (χ1v) is 8.26. The molecule has 0 aliphatic carbocycles. The molecule has 0 amide bonds. The zero-order valence-electron chi connectivity index (χ0n) is 15.4. The molecule has 1 atom stereocenters. The summed E-state index contributed by atoms with van der Waals surface area (Å²) in [6, 6.07) is 10.0. The number of aromatic nitrogens is 1. The summed E-state index contributed by atoms with van der Waals surface area (Å²) in [6.07, 6.45) is 0. The number of aryl methyl sites for hydroxylation is 1. The third-order valence-electron chi connectivity index (χ3n) is 4.20. The molecule has 2 aromatic rings. The molecule has 0 N–H and O–H groups in total. The van der Waals surface area contributed by atoms with Crippen molar-refractivity contribution in [3.05, 3.63) is 58.4 Å². The predicted molar refractivity (Wildman–Crippen MR) is 96.3 cm³/mol. The number of Topliss-reactive ketones (excluding diaryl/α,β-unsaturated/α-hetero) is 1. The highest BCUT2D eigenvalue weighted by atomic mass is 16.5. The Labute approximate surface area is 152 Å². The SMILES string of the molecule is COC[C@@H](C)n1c(C)cc(C(=O)COC(=O)c2cccc(C#N)c2)c1C. The molecule has 6 nitrogen and oxygen atoms in total. The number of carbonyl (C=O) groups is 2. The van der Waals surface area contributed by atoms with Crippen LogP contribution in [0.1, 0.15) is 50.6 Å². The zero-order chi connectivity index (χ0) is 19.3. The van der Waals surface area contributed by atoms with Crippen LogP contribution in [0, 0.1) is 25.2 Å². The number of hydrogen-bond donors (Lipinski definition) is 0. The van der Waals surface area contributed by atoms with Gasteiger partial charge in [0.05, 0.1) is 29.8 Å². The van der Waals surface area contributed by atoms with Crippen molar-refractivity contribution in [2.24, 2.45) is 0 Å². The monoisotopic (exact) mass is 354 g/mol. The van der Waals surface area contributed by atoms with Crippen LogP contribution in [0.2, 0.25) is 0 Å². The Morgan fingerprint density at radius 3 is 2.65 bits per heavy atom. The maximum atomic E-state index is 12.5. The lowest BCUT2D eigenvalue weighted by Crippen LogP contribution is -2.17. The van der Waals surface area contributed by atoms with E-state index in [9.17, 15) is 9.59 Å². The molecule has 0 unspecified atom stereocenters. The summed E-state index contributed by atoms with van der Waals surface area (Å²) in [6.45, 7) is 5.99. The molecule has 0 aliphatic heterocycles. The van der Waals surface area contributed by atoms with Crippen molar-refractivity contribution in [3.8, 4) is 6.07 Å². The first kappa shape index (κ1) is 19.4. The Kier molecular flexibility index (Phi) is 6.31. The van der Waals surface area contributed by atoms with Crippen molar-refractivity contribution in [3.63, 3.8) is 0 Å². The van der Waals surface area contributed by atoms with Crippen LogP contribution >= 0.6 is 0 Å². The van der Waals surface area contributed by atoms with Crippen molar-refractivity contribution in [1.82, 2.24) is 4.57 Å². The summed E-state index contributed by atoms with van der Waals surface area (Å²) >= 11 is 0. The van der Waals surface area contributed by atoms with E-state index >= 15 is 0 Å². The van der Waals surface area contributed by atoms with Gasteiger partial charge in [0.15, 0.2) is 6.61 Å². The highest BCUT2D eigenvalue weighted by Crippen LogP contribution is 2.21. The summed E-state index contributed by atoms with van der Waals surface area (Å²) in [5, 5.41) is 8.88. The molecule has 1 aromatic carbocycles. The molecule has 1 aromatic heterocycles. The van der Waals surface area contributed by atoms with Gasteiger partial charge >= 0.3 is 5.97 Å². The molecule has 0 bridgehead atoms. The number of nitrogens with zero attached hydrogens (tertiary/aromatic N) is 2. The topological polar surface area (TPSA) is 81.3 Å². The molecule has 0 spiro atoms. The van der Waals surface area contributed by atoms with Gasteiger partial charge in [-0.05, 0) is 45.0 Å². The maximum Gasteiger partial charge on any atom is 0.338 e. The van der Waals surface area contributed by atoms with E-state index in [0.29, 0.717) is 17.7 Å². The van der Waals surface area contributed by atoms with Gasteiger partial charge in [-0.3, -0.25) is 4.79 Å². The largest absolute Gasteiger partial charge is 0.454 e. The Balaban J connectivity index is 2.09. The Hall–Kier alpha value is -2.91. The molecule has 2 rings (SSSR count). The van der Waals surface area contributed by atoms with Gasteiger partial charge in [-0.15, -0.1) is 0 Å². The molecule has 0 saturated heterocycles. The average molecular weight is 354 g/mol. The first-order valence-electron chi connectivity index (χ1n) is 8.26. The van der Waals surface area contributed by atoms with Crippen LogP contribution in [0.15, 0.2) is 30.3 Å². The van der Waals surface area contributed by atoms with E-state index in [1.165, 1.54) is 6.07 Å². The van der Waals surface area contributed by atoms with Crippen LogP contribution in [0.3, 0.4) is 0 Å². The van der Waals surface area contributed by atoms with Crippen molar-refractivity contribution in [2.45, 2.75) is 26.8 Å². The zero-order valence-corrected chi connectivity index (χ0v) is 15.4. The summed E-state index contributed by atoms with van der Waals surface area (Å²) in [7, 11) is 1.64. The molecule has 6 heteroatoms. The van der Waals surface area contributed by atoms with Crippen molar-refractivity contribution < 1.29 is 19.1 Å². The van der Waals surface area contributed by atoms with Gasteiger partial charge in [0, 0.05) is 24.1 Å². The predicted octanol–water partition coefficient (Wildman–Crippen LogP) is 3.22. The van der Waals surface area contributed by atoms with E-state index in [1.54, 1.807) is 31.4 Å². The van der Waals surface area contributed by atoms with Gasteiger partial charge in [-0.25, -0.2) is 4.79 Å². The molecule has 1 heterocycles. The number of ether oxygens (including phenoxy) is 2. The highest BCUT2D eigenvalue weighted by Gasteiger charge is 2.20.